The van der Waals surface area contributed by atoms with Gasteiger partial charge in [-0.25, -0.2) is 50.6 Å². The van der Waals surface area contributed by atoms with Crippen molar-refractivity contribution in [1.29, 1.82) is 0 Å². The largest absolute Gasteiger partial charge is 0.462 e. The lowest BCUT2D eigenvalue weighted by molar-refractivity contribution is -0.138. The van der Waals surface area contributed by atoms with Gasteiger partial charge in [-0.05, 0) is 6.92 Å². The highest BCUT2D eigenvalue weighted by Gasteiger charge is 2.03. The monoisotopic (exact) mass is 412 g/mol. The molecule has 2 aromatic heterocycles. The molecule has 2 aromatic rings. The zero-order chi connectivity index (χ0) is 22.4. The quantitative estimate of drug-likeness (QED) is 0.0938. The van der Waals surface area contributed by atoms with E-state index in [0.29, 0.717) is 22.9 Å². The fraction of sp³-hybridized carbons (Fsp3) is 0.231. The first-order valence-electron chi connectivity index (χ1n) is 7.48. The van der Waals surface area contributed by atoms with Crippen LogP contribution in [0, 0.1) is 0 Å². The van der Waals surface area contributed by atoms with Gasteiger partial charge in [0.05, 0.1) is 6.61 Å². The van der Waals surface area contributed by atoms with Crippen molar-refractivity contribution in [3.63, 3.8) is 0 Å². The van der Waals surface area contributed by atoms with Crippen LogP contribution in [0.3, 0.4) is 0 Å². The molecule has 2 heterocycles. The number of nitrogens with one attached hydrogen (secondary N) is 3. The van der Waals surface area contributed by atoms with Crippen LogP contribution >= 0.6 is 0 Å². The molecule has 0 fully saturated rings. The number of carbonyl (C=O) groups excluding carboxylic acids is 2. The first-order valence-corrected chi connectivity index (χ1v) is 7.48. The van der Waals surface area contributed by atoms with Gasteiger partial charge in [0.25, 0.3) is 0 Å². The smallest absolute Gasteiger partial charge is 0.343 e. The van der Waals surface area contributed by atoms with Crippen LogP contribution < -0.4 is 34.5 Å². The number of nitrogens with two attached hydrogens (primary N) is 3. The Morgan fingerprint density at radius 2 is 1.48 bits per heavy atom. The van der Waals surface area contributed by atoms with Crippen LogP contribution in [0.25, 0.3) is 0 Å². The van der Waals surface area contributed by atoms with E-state index in [4.69, 9.17) is 4.74 Å². The van der Waals surface area contributed by atoms with Crippen molar-refractivity contribution >= 4 is 12.0 Å². The van der Waals surface area contributed by atoms with Crippen molar-refractivity contribution in [2.75, 3.05) is 6.61 Å². The fourth-order valence-electron chi connectivity index (χ4n) is 1.15. The molecule has 0 spiro atoms. The number of nitrogens with zero attached hydrogens (tertiary/aromatic N) is 4. The summed E-state index contributed by atoms with van der Waals surface area (Å²) in [5, 5.41) is 0.306. The normalized spacial score (nSPS) is 9.07. The van der Waals surface area contributed by atoms with Gasteiger partial charge in [0.1, 0.15) is 18.5 Å². The van der Waals surface area contributed by atoms with Crippen LogP contribution in [0.4, 0.5) is 4.79 Å². The number of hydrazine groups is 2. The molecule has 16 heteroatoms. The Bertz CT molecular complexity index is 886. The van der Waals surface area contributed by atoms with Crippen molar-refractivity contribution in [3.05, 3.63) is 62.1 Å². The molecule has 29 heavy (non-hydrogen) atoms. The second-order valence-corrected chi connectivity index (χ2v) is 4.83. The molecule has 0 saturated carbocycles. The average Bonchev–Trinajstić information content (AvgIpc) is 2.62. The number of hydrogen-bond acceptors (Lipinski definition) is 11. The third kappa shape index (κ3) is 12.8. The molecule has 0 aliphatic carbocycles. The van der Waals surface area contributed by atoms with E-state index in [-0.39, 0.29) is 12.6 Å². The molecule has 158 valence electrons. The Morgan fingerprint density at radius 3 is 1.83 bits per heavy atom. The summed E-state index contributed by atoms with van der Waals surface area (Å²) in [6, 6.07) is -0.852. The summed E-state index contributed by atoms with van der Waals surface area (Å²) in [6.45, 7) is 5.33. The molecular weight excluding hydrogens is 392 g/mol. The van der Waals surface area contributed by atoms with Gasteiger partial charge in [-0.3, -0.25) is 15.0 Å². The Morgan fingerprint density at radius 1 is 1.07 bits per heavy atom. The van der Waals surface area contributed by atoms with E-state index in [1.165, 1.54) is 12.7 Å². The minimum Gasteiger partial charge on any atom is -0.462 e. The number of H-pyrrole nitrogens is 3. The number of rotatable bonds is 4. The predicted molar refractivity (Wildman–Crippen MR) is 97.4 cm³/mol. The van der Waals surface area contributed by atoms with Gasteiger partial charge in [0.2, 0.25) is 0 Å². The van der Waals surface area contributed by atoms with Gasteiger partial charge in [0.15, 0.2) is 0 Å². The number of aromatic nitrogens is 6. The Kier molecular flexibility index (Phi) is 11.2. The number of aromatic amines is 3. The van der Waals surface area contributed by atoms with Crippen molar-refractivity contribution < 1.29 is 14.3 Å². The summed E-state index contributed by atoms with van der Waals surface area (Å²) in [5.74, 6) is 9.36. The summed E-state index contributed by atoms with van der Waals surface area (Å²) in [7, 11) is 0. The lowest BCUT2D eigenvalue weighted by Gasteiger charge is -2.02. The number of ether oxygens (including phenoxy) is 1. The van der Waals surface area contributed by atoms with E-state index in [9.17, 15) is 24.0 Å². The van der Waals surface area contributed by atoms with E-state index in [1.807, 2.05) is 0 Å². The Balaban J connectivity index is 0.000000448. The van der Waals surface area contributed by atoms with Crippen molar-refractivity contribution in [2.24, 2.45) is 17.4 Å². The van der Waals surface area contributed by atoms with Gasteiger partial charge in [-0.15, -0.1) is 0 Å². The highest BCUT2D eigenvalue weighted by atomic mass is 16.5. The van der Waals surface area contributed by atoms with Gasteiger partial charge < -0.3 is 10.5 Å². The van der Waals surface area contributed by atoms with Crippen LogP contribution in [0.5, 0.6) is 0 Å². The molecule has 2 rings (SSSR count). The molecule has 0 atom stereocenters. The molecule has 0 bridgehead atoms. The van der Waals surface area contributed by atoms with Crippen LogP contribution in [-0.2, 0) is 16.0 Å². The van der Waals surface area contributed by atoms with E-state index < -0.39 is 23.1 Å². The number of urea groups is 1. The molecule has 9 N–H and O–H groups in total. The standard InChI is InChI=1S/C9H11N3O2.C3H3N3O3.CH6N4O/c1-7(2)9(13)14-4-3-8-11-5-10-6-12-8;7-1-4-2(8)6-3(9)5-1;2-1(6)5(3)4/h5-6H,1,3-4H2,2H3;(H3,4,5,6,7,8,9);3-4H2,(H2,2,6). The third-order valence-corrected chi connectivity index (χ3v) is 2.39. The van der Waals surface area contributed by atoms with Gasteiger partial charge in [0, 0.05) is 12.0 Å². The van der Waals surface area contributed by atoms with Gasteiger partial charge >= 0.3 is 29.1 Å². The number of primary amides is 1. The lowest BCUT2D eigenvalue weighted by atomic mass is 10.3. The minimum atomic E-state index is -0.852. The zero-order valence-corrected chi connectivity index (χ0v) is 15.2. The van der Waals surface area contributed by atoms with Crippen molar-refractivity contribution in [3.8, 4) is 0 Å². The molecule has 2 amide bonds. The third-order valence-electron chi connectivity index (χ3n) is 2.39. The highest BCUT2D eigenvalue weighted by Crippen LogP contribution is 1.94. The Hall–Kier alpha value is -4.18. The second kappa shape index (κ2) is 13.1. The molecular formula is C13H20N10O6. The molecule has 0 aromatic carbocycles. The van der Waals surface area contributed by atoms with E-state index in [2.05, 4.69) is 38.9 Å². The van der Waals surface area contributed by atoms with Crippen LogP contribution in [0.1, 0.15) is 12.7 Å². The summed E-state index contributed by atoms with van der Waals surface area (Å²) in [4.78, 5) is 67.9. The molecule has 0 saturated heterocycles. The minimum absolute atomic E-state index is 0.260. The first kappa shape index (κ1) is 24.8. The van der Waals surface area contributed by atoms with E-state index in [1.54, 1.807) is 21.9 Å². The zero-order valence-electron chi connectivity index (χ0n) is 15.2. The SMILES string of the molecule is C=C(C)C(=O)OCCc1ncncn1.NC(=O)N(N)N.O=c1[nH]c(=O)[nH]c(=O)[nH]1. The topological polar surface area (TPSA) is 262 Å². The number of amides is 2. The maximum atomic E-state index is 11.0. The fourth-order valence-corrected chi connectivity index (χ4v) is 1.15. The maximum Gasteiger partial charge on any atom is 0.343 e. The highest BCUT2D eigenvalue weighted by molar-refractivity contribution is 5.86. The lowest BCUT2D eigenvalue weighted by Crippen LogP contribution is -2.46. The first-order chi connectivity index (χ1) is 13.5. The maximum absolute atomic E-state index is 11.0. The summed E-state index contributed by atoms with van der Waals surface area (Å²) < 4.78 is 4.87. The second-order valence-electron chi connectivity index (χ2n) is 4.83. The van der Waals surface area contributed by atoms with Crippen molar-refractivity contribution in [1.82, 2.24) is 35.0 Å². The molecule has 0 radical (unpaired) electrons. The van der Waals surface area contributed by atoms with Gasteiger partial charge in [-0.1, -0.05) is 6.58 Å². The molecule has 0 unspecified atom stereocenters. The summed E-state index contributed by atoms with van der Waals surface area (Å²) in [6.07, 6.45) is 3.30. The van der Waals surface area contributed by atoms with Crippen molar-refractivity contribution in [2.45, 2.75) is 13.3 Å². The van der Waals surface area contributed by atoms with Crippen LogP contribution in [0.2, 0.25) is 0 Å². The van der Waals surface area contributed by atoms with Crippen LogP contribution in [0.15, 0.2) is 39.2 Å². The van der Waals surface area contributed by atoms with E-state index in [0.717, 1.165) is 0 Å². The predicted octanol–water partition coefficient (Wildman–Crippen LogP) is -3.60. The Labute approximate surface area is 161 Å². The molecule has 0 aliphatic rings. The molecule has 16 nitrogen and oxygen atoms in total. The van der Waals surface area contributed by atoms with Crippen LogP contribution in [-0.4, -0.2) is 53.6 Å². The number of esters is 1. The summed E-state index contributed by atoms with van der Waals surface area (Å²) in [5.41, 5.74) is 2.46. The number of hydrogen-bond donors (Lipinski definition) is 6. The molecule has 0 aliphatic heterocycles. The summed E-state index contributed by atoms with van der Waals surface area (Å²) >= 11 is 0. The van der Waals surface area contributed by atoms with E-state index >= 15 is 0 Å². The van der Waals surface area contributed by atoms with Gasteiger partial charge in [-0.2, -0.15) is 5.12 Å². The average molecular weight is 412 g/mol. The number of carbonyl (C=O) groups is 2.